The van der Waals surface area contributed by atoms with Crippen molar-refractivity contribution in [1.82, 2.24) is 0 Å². The fourth-order valence-corrected chi connectivity index (χ4v) is 2.01. The smallest absolute Gasteiger partial charge is 0.00696 e. The van der Waals surface area contributed by atoms with Crippen molar-refractivity contribution in [2.24, 2.45) is 17.8 Å². The fraction of sp³-hybridized carbons (Fsp3) is 1.00. The summed E-state index contributed by atoms with van der Waals surface area (Å²) in [5, 5.41) is 0. The maximum Gasteiger partial charge on any atom is -0.00696 e. The molecule has 0 bridgehead atoms. The zero-order valence-corrected chi connectivity index (χ0v) is 10.6. The lowest BCUT2D eigenvalue weighted by atomic mass is 9.89. The Kier molecular flexibility index (Phi) is 7.93. The maximum absolute atomic E-state index is 4.34. The summed E-state index contributed by atoms with van der Waals surface area (Å²) < 4.78 is 0. The second kappa shape index (κ2) is 7.73. The molecule has 0 aliphatic rings. The average molecular weight is 202 g/mol. The van der Waals surface area contributed by atoms with Gasteiger partial charge >= 0.3 is 0 Å². The zero-order chi connectivity index (χ0) is 10.3. The van der Waals surface area contributed by atoms with Gasteiger partial charge in [0.25, 0.3) is 0 Å². The van der Waals surface area contributed by atoms with Gasteiger partial charge in [0.2, 0.25) is 0 Å². The van der Waals surface area contributed by atoms with Crippen LogP contribution in [0.5, 0.6) is 0 Å². The van der Waals surface area contributed by atoms with E-state index in [4.69, 9.17) is 0 Å². The summed E-state index contributed by atoms with van der Waals surface area (Å²) in [6.07, 6.45) is 5.50. The summed E-state index contributed by atoms with van der Waals surface area (Å²) in [5.74, 6) is 3.57. The third kappa shape index (κ3) is 6.42. The van der Waals surface area contributed by atoms with E-state index < -0.39 is 0 Å². The summed E-state index contributed by atoms with van der Waals surface area (Å²) in [4.78, 5) is 0. The highest BCUT2D eigenvalue weighted by molar-refractivity contribution is 7.80. The number of hydrogen-bond acceptors (Lipinski definition) is 1. The highest BCUT2D eigenvalue weighted by atomic mass is 32.1. The summed E-state index contributed by atoms with van der Waals surface area (Å²) in [6.45, 7) is 9.32. The first-order valence-electron chi connectivity index (χ1n) is 5.72. The highest BCUT2D eigenvalue weighted by Gasteiger charge is 2.11. The molecule has 0 rings (SSSR count). The van der Waals surface area contributed by atoms with Crippen LogP contribution in [0.25, 0.3) is 0 Å². The minimum Gasteiger partial charge on any atom is -0.179 e. The molecule has 0 heterocycles. The molecule has 0 amide bonds. The minimum absolute atomic E-state index is 0.775. The standard InChI is InChI=1S/C12H26S/c1-5-6-10(2)7-8-11(3)12(4)9-13/h10-13H,5-9H2,1-4H3. The van der Waals surface area contributed by atoms with Crippen molar-refractivity contribution < 1.29 is 0 Å². The van der Waals surface area contributed by atoms with E-state index in [1.54, 1.807) is 0 Å². The molecule has 80 valence electrons. The minimum atomic E-state index is 0.775. The van der Waals surface area contributed by atoms with E-state index in [1.165, 1.54) is 25.7 Å². The largest absolute Gasteiger partial charge is 0.179 e. The molecule has 3 unspecified atom stereocenters. The first-order valence-corrected chi connectivity index (χ1v) is 6.35. The van der Waals surface area contributed by atoms with Gasteiger partial charge in [0, 0.05) is 0 Å². The third-order valence-corrected chi connectivity index (χ3v) is 3.73. The molecule has 0 aliphatic carbocycles. The van der Waals surface area contributed by atoms with Crippen molar-refractivity contribution in [3.8, 4) is 0 Å². The molecule has 13 heavy (non-hydrogen) atoms. The van der Waals surface area contributed by atoms with Crippen LogP contribution in [-0.4, -0.2) is 5.75 Å². The Morgan fingerprint density at radius 1 is 0.923 bits per heavy atom. The Morgan fingerprint density at radius 3 is 2.00 bits per heavy atom. The van der Waals surface area contributed by atoms with Gasteiger partial charge in [-0.3, -0.25) is 0 Å². The van der Waals surface area contributed by atoms with Crippen LogP contribution in [0.4, 0.5) is 0 Å². The summed E-state index contributed by atoms with van der Waals surface area (Å²) >= 11 is 4.34. The van der Waals surface area contributed by atoms with Gasteiger partial charge in [-0.2, -0.15) is 12.6 Å². The first-order chi connectivity index (χ1) is 6.11. The van der Waals surface area contributed by atoms with Crippen LogP contribution in [0, 0.1) is 17.8 Å². The summed E-state index contributed by atoms with van der Waals surface area (Å²) in [6, 6.07) is 0. The molecule has 0 nitrogen and oxygen atoms in total. The van der Waals surface area contributed by atoms with E-state index in [0.29, 0.717) is 0 Å². The van der Waals surface area contributed by atoms with Crippen LogP contribution in [-0.2, 0) is 0 Å². The van der Waals surface area contributed by atoms with Crippen molar-refractivity contribution >= 4 is 12.6 Å². The average Bonchev–Trinajstić information content (AvgIpc) is 2.13. The lowest BCUT2D eigenvalue weighted by molar-refractivity contribution is 0.347. The number of thiol groups is 1. The van der Waals surface area contributed by atoms with E-state index >= 15 is 0 Å². The molecular weight excluding hydrogens is 176 g/mol. The lowest BCUT2D eigenvalue weighted by Crippen LogP contribution is -2.10. The van der Waals surface area contributed by atoms with Crippen molar-refractivity contribution in [1.29, 1.82) is 0 Å². The Morgan fingerprint density at radius 2 is 1.54 bits per heavy atom. The Labute approximate surface area is 89.9 Å². The van der Waals surface area contributed by atoms with Gasteiger partial charge in [-0.25, -0.2) is 0 Å². The van der Waals surface area contributed by atoms with Crippen LogP contribution < -0.4 is 0 Å². The number of hydrogen-bond donors (Lipinski definition) is 1. The van der Waals surface area contributed by atoms with Gasteiger partial charge < -0.3 is 0 Å². The molecule has 0 fully saturated rings. The molecule has 0 saturated carbocycles. The van der Waals surface area contributed by atoms with Gasteiger partial charge in [0.15, 0.2) is 0 Å². The predicted molar refractivity (Wildman–Crippen MR) is 65.5 cm³/mol. The highest BCUT2D eigenvalue weighted by Crippen LogP contribution is 2.22. The Balaban J connectivity index is 3.50. The van der Waals surface area contributed by atoms with Crippen molar-refractivity contribution in [2.45, 2.75) is 53.4 Å². The van der Waals surface area contributed by atoms with E-state index in [1.807, 2.05) is 0 Å². The molecule has 0 aromatic rings. The Hall–Kier alpha value is 0.350. The summed E-state index contributed by atoms with van der Waals surface area (Å²) in [5.41, 5.74) is 0. The molecule has 0 aliphatic heterocycles. The lowest BCUT2D eigenvalue weighted by Gasteiger charge is -2.19. The van der Waals surface area contributed by atoms with Crippen LogP contribution in [0.1, 0.15) is 53.4 Å². The maximum atomic E-state index is 4.34. The van der Waals surface area contributed by atoms with Gasteiger partial charge in [-0.15, -0.1) is 0 Å². The monoisotopic (exact) mass is 202 g/mol. The van der Waals surface area contributed by atoms with Crippen molar-refractivity contribution in [3.63, 3.8) is 0 Å². The zero-order valence-electron chi connectivity index (χ0n) is 9.71. The van der Waals surface area contributed by atoms with E-state index in [2.05, 4.69) is 40.3 Å². The van der Waals surface area contributed by atoms with Crippen LogP contribution >= 0.6 is 12.6 Å². The van der Waals surface area contributed by atoms with Gasteiger partial charge in [0.05, 0.1) is 0 Å². The van der Waals surface area contributed by atoms with E-state index in [-0.39, 0.29) is 0 Å². The SMILES string of the molecule is CCCC(C)CCC(C)C(C)CS. The molecule has 1 heteroatoms. The van der Waals surface area contributed by atoms with Crippen LogP contribution in [0.3, 0.4) is 0 Å². The summed E-state index contributed by atoms with van der Waals surface area (Å²) in [7, 11) is 0. The number of rotatable bonds is 7. The quantitative estimate of drug-likeness (QED) is 0.581. The van der Waals surface area contributed by atoms with Gasteiger partial charge in [-0.1, -0.05) is 53.4 Å². The fourth-order valence-electron chi connectivity index (χ4n) is 1.65. The van der Waals surface area contributed by atoms with E-state index in [0.717, 1.165) is 23.5 Å². The van der Waals surface area contributed by atoms with Gasteiger partial charge in [-0.05, 0) is 23.5 Å². The third-order valence-electron chi connectivity index (χ3n) is 3.16. The molecule has 0 aromatic heterocycles. The Bertz CT molecular complexity index is 112. The van der Waals surface area contributed by atoms with Gasteiger partial charge in [0.1, 0.15) is 0 Å². The second-order valence-electron chi connectivity index (χ2n) is 4.61. The van der Waals surface area contributed by atoms with Crippen molar-refractivity contribution in [2.75, 3.05) is 5.75 Å². The molecule has 3 atom stereocenters. The molecule has 0 radical (unpaired) electrons. The van der Waals surface area contributed by atoms with Crippen LogP contribution in [0.15, 0.2) is 0 Å². The van der Waals surface area contributed by atoms with Crippen molar-refractivity contribution in [3.05, 3.63) is 0 Å². The molecule has 0 saturated heterocycles. The molecule has 0 spiro atoms. The molecule has 0 N–H and O–H groups in total. The second-order valence-corrected chi connectivity index (χ2v) is 4.97. The molecule has 0 aromatic carbocycles. The predicted octanol–water partition coefficient (Wildman–Crippen LogP) is 4.40. The molecular formula is C12H26S. The van der Waals surface area contributed by atoms with Crippen LogP contribution in [0.2, 0.25) is 0 Å². The topological polar surface area (TPSA) is 0 Å². The van der Waals surface area contributed by atoms with E-state index in [9.17, 15) is 0 Å². The normalized spacial score (nSPS) is 18.2. The first kappa shape index (κ1) is 13.4.